The standard InChI is InChI=1S/C13H2Cl2F6N4OS2/c14-6-1-5(12(16,17)18)2-7(15)9(6)25-11(23-4-27)10(8(3-22)24-25)28(26)13(19,20)21/h1-2H. The Morgan fingerprint density at radius 3 is 2.11 bits per heavy atom. The number of aromatic nitrogens is 2. The minimum Gasteiger partial charge on any atom is -0.245 e. The molecule has 28 heavy (non-hydrogen) atoms. The molecule has 0 fully saturated rings. The van der Waals surface area contributed by atoms with Crippen LogP contribution in [0.25, 0.3) is 5.69 Å². The van der Waals surface area contributed by atoms with Crippen LogP contribution in [0.3, 0.4) is 0 Å². The lowest BCUT2D eigenvalue weighted by atomic mass is 10.2. The van der Waals surface area contributed by atoms with E-state index >= 15 is 0 Å². The van der Waals surface area contributed by atoms with Gasteiger partial charge < -0.3 is 0 Å². The summed E-state index contributed by atoms with van der Waals surface area (Å²) in [7, 11) is -3.76. The van der Waals surface area contributed by atoms with E-state index in [1.165, 1.54) is 6.07 Å². The van der Waals surface area contributed by atoms with Gasteiger partial charge in [0.05, 0.1) is 20.8 Å². The van der Waals surface area contributed by atoms with Crippen molar-refractivity contribution in [1.82, 2.24) is 9.78 Å². The highest BCUT2D eigenvalue weighted by molar-refractivity contribution is 7.86. The molecule has 0 radical (unpaired) electrons. The molecule has 148 valence electrons. The lowest BCUT2D eigenvalue weighted by Crippen LogP contribution is -2.16. The van der Waals surface area contributed by atoms with Gasteiger partial charge in [-0.3, -0.25) is 0 Å². The molecule has 0 aliphatic rings. The number of rotatable bonds is 3. The molecule has 0 aliphatic carbocycles. The number of hydrogen-bond acceptors (Lipinski definition) is 5. The summed E-state index contributed by atoms with van der Waals surface area (Å²) in [5.41, 5.74) is -8.02. The summed E-state index contributed by atoms with van der Waals surface area (Å²) in [6.45, 7) is 0. The monoisotopic (exact) mass is 478 g/mol. The quantitative estimate of drug-likeness (QED) is 0.335. The van der Waals surface area contributed by atoms with E-state index in [1.54, 1.807) is 5.16 Å². The van der Waals surface area contributed by atoms with Gasteiger partial charge in [-0.25, -0.2) is 8.89 Å². The Kier molecular flexibility index (Phi) is 6.22. The smallest absolute Gasteiger partial charge is 0.245 e. The van der Waals surface area contributed by atoms with Gasteiger partial charge in [-0.05, 0) is 24.4 Å². The fraction of sp³-hybridized carbons (Fsp3) is 0.154. The molecule has 0 saturated carbocycles. The van der Waals surface area contributed by atoms with E-state index < -0.39 is 60.2 Å². The van der Waals surface area contributed by atoms with Crippen molar-refractivity contribution in [2.24, 2.45) is 4.99 Å². The maximum Gasteiger partial charge on any atom is 0.476 e. The second-order valence-corrected chi connectivity index (χ2v) is 7.13. The lowest BCUT2D eigenvalue weighted by molar-refractivity contribution is -0.137. The van der Waals surface area contributed by atoms with Crippen LogP contribution in [0.5, 0.6) is 0 Å². The van der Waals surface area contributed by atoms with E-state index in [1.807, 2.05) is 0 Å². The number of aliphatic imine (C=N–C) groups is 1. The number of halogens is 8. The van der Waals surface area contributed by atoms with Gasteiger partial charge in [0.15, 0.2) is 22.3 Å². The molecule has 0 N–H and O–H groups in total. The zero-order valence-corrected chi connectivity index (χ0v) is 15.8. The molecule has 1 aromatic carbocycles. The molecule has 1 aromatic heterocycles. The fourth-order valence-electron chi connectivity index (χ4n) is 1.98. The average molecular weight is 479 g/mol. The Morgan fingerprint density at radius 2 is 1.71 bits per heavy atom. The first-order valence-corrected chi connectivity index (χ1v) is 8.80. The summed E-state index contributed by atoms with van der Waals surface area (Å²) in [6, 6.07) is 2.19. The second kappa shape index (κ2) is 7.81. The predicted octanol–water partition coefficient (Wildman–Crippen LogP) is 5.43. The molecule has 1 unspecified atom stereocenters. The Bertz CT molecular complexity index is 1040. The summed E-state index contributed by atoms with van der Waals surface area (Å²) in [5.74, 6) is -0.870. The first kappa shape index (κ1) is 22.3. The van der Waals surface area contributed by atoms with Crippen LogP contribution in [-0.4, -0.2) is 24.7 Å². The highest BCUT2D eigenvalue weighted by atomic mass is 35.5. The summed E-state index contributed by atoms with van der Waals surface area (Å²) < 4.78 is 89.5. The summed E-state index contributed by atoms with van der Waals surface area (Å²) in [4.78, 5) is 2.15. The summed E-state index contributed by atoms with van der Waals surface area (Å²) in [6.07, 6.45) is -4.81. The maximum absolute atomic E-state index is 12.9. The van der Waals surface area contributed by atoms with Gasteiger partial charge in [-0.2, -0.15) is 41.7 Å². The average Bonchev–Trinajstić information content (AvgIpc) is 2.90. The molecule has 0 saturated heterocycles. The number of nitriles is 1. The molecule has 2 aromatic rings. The van der Waals surface area contributed by atoms with Crippen molar-refractivity contribution in [1.29, 1.82) is 5.26 Å². The molecule has 2 rings (SSSR count). The first-order chi connectivity index (χ1) is 12.8. The van der Waals surface area contributed by atoms with Crippen molar-refractivity contribution in [3.05, 3.63) is 33.4 Å². The van der Waals surface area contributed by atoms with Crippen LogP contribution in [0.4, 0.5) is 32.2 Å². The van der Waals surface area contributed by atoms with E-state index in [0.29, 0.717) is 16.8 Å². The molecule has 15 heteroatoms. The van der Waals surface area contributed by atoms with Crippen LogP contribution in [0.15, 0.2) is 22.0 Å². The van der Waals surface area contributed by atoms with Crippen molar-refractivity contribution >= 4 is 57.2 Å². The molecule has 0 amide bonds. The van der Waals surface area contributed by atoms with Crippen LogP contribution >= 0.6 is 35.4 Å². The van der Waals surface area contributed by atoms with Gasteiger partial charge in [-0.1, -0.05) is 23.2 Å². The first-order valence-electron chi connectivity index (χ1n) is 6.49. The van der Waals surface area contributed by atoms with Gasteiger partial charge in [-0.15, -0.1) is 0 Å². The maximum atomic E-state index is 12.9. The third-order valence-corrected chi connectivity index (χ3v) is 4.86. The van der Waals surface area contributed by atoms with Crippen molar-refractivity contribution in [3.8, 4) is 11.8 Å². The number of isothiocyanates is 1. The third kappa shape index (κ3) is 4.21. The zero-order chi connectivity index (χ0) is 21.4. The molecule has 5 nitrogen and oxygen atoms in total. The minimum absolute atomic E-state index is 0.446. The highest BCUT2D eigenvalue weighted by Crippen LogP contribution is 2.41. The Labute approximate surface area is 169 Å². The molecule has 1 heterocycles. The predicted molar refractivity (Wildman–Crippen MR) is 90.5 cm³/mol. The van der Waals surface area contributed by atoms with Crippen molar-refractivity contribution < 1.29 is 30.6 Å². The molecule has 0 spiro atoms. The number of hydrogen-bond donors (Lipinski definition) is 0. The summed E-state index contributed by atoms with van der Waals surface area (Å²) >= 11 is 15.9. The highest BCUT2D eigenvalue weighted by Gasteiger charge is 2.43. The van der Waals surface area contributed by atoms with Crippen molar-refractivity contribution in [2.45, 2.75) is 16.6 Å². The molecule has 1 atom stereocenters. The molecular formula is C13H2Cl2F6N4OS2. The largest absolute Gasteiger partial charge is 0.476 e. The van der Waals surface area contributed by atoms with Crippen LogP contribution < -0.4 is 0 Å². The number of thiocarbonyl (C=S) groups is 1. The van der Waals surface area contributed by atoms with Gasteiger partial charge in [0, 0.05) is 0 Å². The van der Waals surface area contributed by atoms with Crippen LogP contribution in [-0.2, 0) is 17.0 Å². The summed E-state index contributed by atoms with van der Waals surface area (Å²) in [5, 5.41) is 12.9. The van der Waals surface area contributed by atoms with Gasteiger partial charge in [0.2, 0.25) is 0 Å². The normalized spacial score (nSPS) is 13.0. The van der Waals surface area contributed by atoms with E-state index in [-0.39, 0.29) is 0 Å². The van der Waals surface area contributed by atoms with E-state index in [0.717, 1.165) is 0 Å². The topological polar surface area (TPSA) is 71.0 Å². The molecular weight excluding hydrogens is 477 g/mol. The van der Waals surface area contributed by atoms with E-state index in [4.69, 9.17) is 28.5 Å². The minimum atomic E-state index is -5.29. The van der Waals surface area contributed by atoms with Gasteiger partial charge >= 0.3 is 11.7 Å². The van der Waals surface area contributed by atoms with Crippen molar-refractivity contribution in [3.63, 3.8) is 0 Å². The van der Waals surface area contributed by atoms with Gasteiger partial charge in [0.1, 0.15) is 16.7 Å². The van der Waals surface area contributed by atoms with E-state index in [9.17, 15) is 30.6 Å². The Balaban J connectivity index is 2.89. The van der Waals surface area contributed by atoms with E-state index in [2.05, 4.69) is 22.3 Å². The van der Waals surface area contributed by atoms with Crippen LogP contribution in [0, 0.1) is 11.3 Å². The van der Waals surface area contributed by atoms with Crippen LogP contribution in [0.2, 0.25) is 10.0 Å². The SMILES string of the molecule is N#Cc1nn(-c2c(Cl)cc(C(F)(F)F)cc2Cl)c(N=C=S)c1S(=O)C(F)(F)F. The number of benzene rings is 1. The van der Waals surface area contributed by atoms with Crippen molar-refractivity contribution in [2.75, 3.05) is 0 Å². The zero-order valence-electron chi connectivity index (χ0n) is 12.7. The number of alkyl halides is 6. The molecule has 0 aliphatic heterocycles. The van der Waals surface area contributed by atoms with Crippen LogP contribution in [0.1, 0.15) is 11.3 Å². The van der Waals surface area contributed by atoms with Gasteiger partial charge in [0.25, 0.3) is 0 Å². The number of nitrogens with zero attached hydrogens (tertiary/aromatic N) is 4. The Hall–Kier alpha value is -1.97. The lowest BCUT2D eigenvalue weighted by Gasteiger charge is -2.13. The molecule has 0 bridgehead atoms. The fourth-order valence-corrected chi connectivity index (χ4v) is 3.51. The third-order valence-electron chi connectivity index (χ3n) is 3.03. The Morgan fingerprint density at radius 1 is 1.18 bits per heavy atom. The second-order valence-electron chi connectivity index (χ2n) is 4.73.